The van der Waals surface area contributed by atoms with E-state index in [0.717, 1.165) is 30.3 Å². The van der Waals surface area contributed by atoms with E-state index in [1.165, 1.54) is 6.07 Å². The summed E-state index contributed by atoms with van der Waals surface area (Å²) < 4.78 is 103. The summed E-state index contributed by atoms with van der Waals surface area (Å²) in [5.41, 5.74) is -3.29. The van der Waals surface area contributed by atoms with Crippen molar-refractivity contribution in [1.82, 2.24) is 9.78 Å². The molecular formula is C19H13ClF6N4O3S. The molecule has 3 N–H and O–H groups in total. The lowest BCUT2D eigenvalue weighted by molar-refractivity contribution is -0.138. The number of halogens is 7. The van der Waals surface area contributed by atoms with E-state index in [1.54, 1.807) is 0 Å². The minimum atomic E-state index is -4.78. The molecule has 0 radical (unpaired) electrons. The molecule has 2 aromatic carbocycles. The lowest BCUT2D eigenvalue weighted by Gasteiger charge is -2.15. The predicted octanol–water partition coefficient (Wildman–Crippen LogP) is 4.39. The van der Waals surface area contributed by atoms with E-state index >= 15 is 0 Å². The molecule has 0 unspecified atom stereocenters. The van der Waals surface area contributed by atoms with Crippen LogP contribution in [0.3, 0.4) is 0 Å². The molecule has 0 fully saturated rings. The number of aromatic nitrogens is 2. The highest BCUT2D eigenvalue weighted by Crippen LogP contribution is 2.35. The fraction of sp³-hybridized carbons (Fsp3) is 0.158. The lowest BCUT2D eigenvalue weighted by Crippen LogP contribution is -2.20. The molecule has 0 aliphatic heterocycles. The highest BCUT2D eigenvalue weighted by Gasteiger charge is 2.35. The Morgan fingerprint density at radius 3 is 2.32 bits per heavy atom. The monoisotopic (exact) mass is 526 g/mol. The molecule has 0 aliphatic carbocycles. The normalized spacial score (nSPS) is 12.6. The van der Waals surface area contributed by atoms with Crippen molar-refractivity contribution in [2.75, 3.05) is 5.32 Å². The van der Waals surface area contributed by atoms with Gasteiger partial charge in [0.15, 0.2) is 0 Å². The van der Waals surface area contributed by atoms with Gasteiger partial charge in [-0.1, -0.05) is 17.7 Å². The van der Waals surface area contributed by atoms with Gasteiger partial charge in [-0.2, -0.15) is 31.4 Å². The topological polar surface area (TPSA) is 107 Å². The van der Waals surface area contributed by atoms with E-state index in [2.05, 4.69) is 10.4 Å². The molecule has 182 valence electrons. The standard InChI is InChI=1S/C19H13ClF6N4O3S/c20-14-3-1-2-13(19(24,25)26)12(14)7-17(31)29-11-4-5-15(16(6-11)34(27,32)33)30-9-10(8-28-30)18(21,22)23/h1-6,8-9H,7H2,(H,29,31)(H2,27,32,33). The summed E-state index contributed by atoms with van der Waals surface area (Å²) in [6.45, 7) is 0. The molecule has 1 aromatic heterocycles. The molecule has 3 rings (SSSR count). The fourth-order valence-corrected chi connectivity index (χ4v) is 3.97. The van der Waals surface area contributed by atoms with Gasteiger partial charge in [-0.05, 0) is 35.9 Å². The number of amides is 1. The molecule has 15 heteroatoms. The summed E-state index contributed by atoms with van der Waals surface area (Å²) in [6.07, 6.45) is -9.29. The first-order valence-corrected chi connectivity index (χ1v) is 10.9. The number of sulfonamides is 1. The zero-order valence-corrected chi connectivity index (χ0v) is 18.1. The van der Waals surface area contributed by atoms with E-state index in [0.29, 0.717) is 17.1 Å². The molecule has 0 atom stereocenters. The molecule has 7 nitrogen and oxygen atoms in total. The number of primary sulfonamides is 1. The molecule has 0 aliphatic rings. The van der Waals surface area contributed by atoms with Crippen molar-refractivity contribution in [3.63, 3.8) is 0 Å². The fourth-order valence-electron chi connectivity index (χ4n) is 2.98. The second-order valence-corrected chi connectivity index (χ2v) is 8.82. The Bertz CT molecular complexity index is 1350. The van der Waals surface area contributed by atoms with Crippen LogP contribution in [0.4, 0.5) is 32.0 Å². The van der Waals surface area contributed by atoms with Crippen molar-refractivity contribution in [3.8, 4) is 5.69 Å². The first-order chi connectivity index (χ1) is 15.6. The van der Waals surface area contributed by atoms with Crippen LogP contribution in [0.2, 0.25) is 5.02 Å². The number of benzene rings is 2. The number of hydrogen-bond acceptors (Lipinski definition) is 4. The van der Waals surface area contributed by atoms with Crippen LogP contribution in [0, 0.1) is 0 Å². The average molecular weight is 527 g/mol. The third-order valence-corrected chi connectivity index (χ3v) is 5.76. The van der Waals surface area contributed by atoms with Crippen molar-refractivity contribution < 1.29 is 39.6 Å². The summed E-state index contributed by atoms with van der Waals surface area (Å²) in [7, 11) is -4.52. The maximum atomic E-state index is 13.2. The molecule has 0 bridgehead atoms. The Morgan fingerprint density at radius 1 is 1.09 bits per heavy atom. The van der Waals surface area contributed by atoms with Crippen LogP contribution in [0.5, 0.6) is 0 Å². The van der Waals surface area contributed by atoms with Crippen LogP contribution in [-0.2, 0) is 33.6 Å². The van der Waals surface area contributed by atoms with E-state index in [4.69, 9.17) is 16.7 Å². The van der Waals surface area contributed by atoms with E-state index in [1.807, 2.05) is 0 Å². The predicted molar refractivity (Wildman–Crippen MR) is 109 cm³/mol. The van der Waals surface area contributed by atoms with Crippen molar-refractivity contribution in [3.05, 3.63) is 70.5 Å². The highest BCUT2D eigenvalue weighted by atomic mass is 35.5. The number of anilines is 1. The zero-order chi connectivity index (χ0) is 25.5. The molecule has 1 heterocycles. The van der Waals surface area contributed by atoms with Crippen molar-refractivity contribution in [2.45, 2.75) is 23.7 Å². The minimum absolute atomic E-state index is 0.193. The summed E-state index contributed by atoms with van der Waals surface area (Å²) in [5, 5.41) is 10.6. The van der Waals surface area contributed by atoms with Gasteiger partial charge in [0, 0.05) is 16.9 Å². The number of nitrogens with two attached hydrogens (primary N) is 1. The average Bonchev–Trinajstić information content (AvgIpc) is 3.18. The number of carbonyl (C=O) groups is 1. The Balaban J connectivity index is 1.93. The minimum Gasteiger partial charge on any atom is -0.326 e. The summed E-state index contributed by atoms with van der Waals surface area (Å²) in [4.78, 5) is 11.7. The molecule has 0 spiro atoms. The SMILES string of the molecule is NS(=O)(=O)c1cc(NC(=O)Cc2c(Cl)cccc2C(F)(F)F)ccc1-n1cc(C(F)(F)F)cn1. The molecule has 1 amide bonds. The molecule has 34 heavy (non-hydrogen) atoms. The van der Waals surface area contributed by atoms with Gasteiger partial charge in [0.2, 0.25) is 15.9 Å². The largest absolute Gasteiger partial charge is 0.419 e. The number of nitrogens with one attached hydrogen (secondary N) is 1. The molecular weight excluding hydrogens is 514 g/mol. The Kier molecular flexibility index (Phi) is 6.70. The number of nitrogens with zero attached hydrogens (tertiary/aromatic N) is 2. The van der Waals surface area contributed by atoms with Gasteiger partial charge in [-0.3, -0.25) is 4.79 Å². The lowest BCUT2D eigenvalue weighted by atomic mass is 10.0. The van der Waals surface area contributed by atoms with Gasteiger partial charge >= 0.3 is 12.4 Å². The van der Waals surface area contributed by atoms with Gasteiger partial charge in [0.05, 0.1) is 29.4 Å². The quantitative estimate of drug-likeness (QED) is 0.481. The van der Waals surface area contributed by atoms with Crippen LogP contribution in [0.15, 0.2) is 53.7 Å². The number of rotatable bonds is 5. The first-order valence-electron chi connectivity index (χ1n) is 9.01. The van der Waals surface area contributed by atoms with Gasteiger partial charge in [-0.25, -0.2) is 18.2 Å². The van der Waals surface area contributed by atoms with Gasteiger partial charge in [0.25, 0.3) is 0 Å². The molecule has 0 saturated carbocycles. The summed E-state index contributed by atoms with van der Waals surface area (Å²) >= 11 is 5.82. The van der Waals surface area contributed by atoms with Crippen molar-refractivity contribution in [2.24, 2.45) is 5.14 Å². The second-order valence-electron chi connectivity index (χ2n) is 6.89. The number of alkyl halides is 6. The third kappa shape index (κ3) is 5.69. The van der Waals surface area contributed by atoms with Gasteiger partial charge in [0.1, 0.15) is 4.90 Å². The summed E-state index contributed by atoms with van der Waals surface area (Å²) in [6, 6.07) is 5.99. The Hall–Kier alpha value is -3.10. The van der Waals surface area contributed by atoms with Crippen LogP contribution in [0.1, 0.15) is 16.7 Å². The molecule has 3 aromatic rings. The van der Waals surface area contributed by atoms with Crippen LogP contribution < -0.4 is 10.5 Å². The number of hydrogen-bond donors (Lipinski definition) is 2. The zero-order valence-electron chi connectivity index (χ0n) is 16.6. The Labute approximate surface area is 193 Å². The third-order valence-electron chi connectivity index (χ3n) is 4.47. The van der Waals surface area contributed by atoms with E-state index in [9.17, 15) is 39.6 Å². The van der Waals surface area contributed by atoms with E-state index in [-0.39, 0.29) is 16.4 Å². The van der Waals surface area contributed by atoms with Crippen LogP contribution in [0.25, 0.3) is 5.69 Å². The second kappa shape index (κ2) is 8.92. The first kappa shape index (κ1) is 25.5. The maximum absolute atomic E-state index is 13.2. The van der Waals surface area contributed by atoms with Crippen LogP contribution in [-0.4, -0.2) is 24.1 Å². The van der Waals surface area contributed by atoms with Crippen LogP contribution >= 0.6 is 11.6 Å². The highest BCUT2D eigenvalue weighted by molar-refractivity contribution is 7.89. The van der Waals surface area contributed by atoms with Gasteiger partial charge < -0.3 is 5.32 Å². The van der Waals surface area contributed by atoms with Crippen molar-refractivity contribution in [1.29, 1.82) is 0 Å². The smallest absolute Gasteiger partial charge is 0.326 e. The summed E-state index contributed by atoms with van der Waals surface area (Å²) in [5.74, 6) is -0.967. The maximum Gasteiger partial charge on any atom is 0.419 e. The van der Waals surface area contributed by atoms with Crippen molar-refractivity contribution >= 4 is 33.2 Å². The molecule has 0 saturated heterocycles. The number of carbonyl (C=O) groups excluding carboxylic acids is 1. The van der Waals surface area contributed by atoms with E-state index < -0.39 is 56.3 Å². The Morgan fingerprint density at radius 2 is 1.76 bits per heavy atom. The van der Waals surface area contributed by atoms with Gasteiger partial charge in [-0.15, -0.1) is 0 Å².